The van der Waals surface area contributed by atoms with Gasteiger partial charge in [0.05, 0.1) is 0 Å². The lowest BCUT2D eigenvalue weighted by Crippen LogP contribution is -2.53. The summed E-state index contributed by atoms with van der Waals surface area (Å²) >= 11 is 0. The van der Waals surface area contributed by atoms with Crippen molar-refractivity contribution in [3.05, 3.63) is 0 Å². The van der Waals surface area contributed by atoms with Crippen molar-refractivity contribution < 1.29 is 9.59 Å². The Hall–Kier alpha value is -1.06. The molecule has 5 aliphatic rings. The first-order valence-corrected chi connectivity index (χ1v) is 11.2. The van der Waals surface area contributed by atoms with Gasteiger partial charge in [-0.3, -0.25) is 9.59 Å². The van der Waals surface area contributed by atoms with E-state index in [0.29, 0.717) is 11.3 Å². The lowest BCUT2D eigenvalue weighted by molar-refractivity contribution is -0.146. The van der Waals surface area contributed by atoms with E-state index in [1.165, 1.54) is 38.5 Å². The number of hydrogen-bond acceptors (Lipinski definition) is 2. The van der Waals surface area contributed by atoms with Crippen molar-refractivity contribution in [1.29, 1.82) is 0 Å². The van der Waals surface area contributed by atoms with Gasteiger partial charge in [0.2, 0.25) is 11.8 Å². The topological polar surface area (TPSA) is 40.6 Å². The molecule has 0 atom stereocenters. The molecule has 0 aromatic carbocycles. The maximum Gasteiger partial charge on any atom is 0.227 e. The van der Waals surface area contributed by atoms with Crippen LogP contribution in [-0.2, 0) is 9.59 Å². The number of rotatable bonds is 3. The molecule has 0 radical (unpaired) electrons. The van der Waals surface area contributed by atoms with Gasteiger partial charge in [0.15, 0.2) is 0 Å². The molecule has 5 fully saturated rings. The molecule has 5 rings (SSSR count). The highest BCUT2D eigenvalue weighted by Crippen LogP contribution is 2.60. The fraction of sp³-hybridized carbons (Fsp3) is 0.913. The van der Waals surface area contributed by atoms with Crippen LogP contribution in [0.4, 0.5) is 0 Å². The minimum Gasteiger partial charge on any atom is -0.345 e. The van der Waals surface area contributed by atoms with Crippen LogP contribution in [0, 0.1) is 34.5 Å². The van der Waals surface area contributed by atoms with Crippen LogP contribution < -0.4 is 0 Å². The summed E-state index contributed by atoms with van der Waals surface area (Å²) in [5, 5.41) is 0. The van der Waals surface area contributed by atoms with Crippen LogP contribution in [0.15, 0.2) is 0 Å². The summed E-state index contributed by atoms with van der Waals surface area (Å²) in [6.45, 7) is 8.37. The summed E-state index contributed by atoms with van der Waals surface area (Å²) in [7, 11) is 2.04. The third-order valence-corrected chi connectivity index (χ3v) is 7.89. The highest BCUT2D eigenvalue weighted by atomic mass is 16.2. The van der Waals surface area contributed by atoms with E-state index in [0.717, 1.165) is 50.2 Å². The zero-order chi connectivity index (χ0) is 19.4. The summed E-state index contributed by atoms with van der Waals surface area (Å²) in [4.78, 5) is 29.6. The van der Waals surface area contributed by atoms with E-state index in [-0.39, 0.29) is 17.2 Å². The smallest absolute Gasteiger partial charge is 0.227 e. The number of amides is 2. The van der Waals surface area contributed by atoms with Gasteiger partial charge in [0.1, 0.15) is 0 Å². The monoisotopic (exact) mass is 374 g/mol. The molecule has 0 N–H and O–H groups in total. The van der Waals surface area contributed by atoms with Crippen molar-refractivity contribution in [3.63, 3.8) is 0 Å². The Kier molecular flexibility index (Phi) is 4.83. The standard InChI is InChI=1S/C23H38N2O2/c1-22(2,3)21(27)25-7-5-19(6-8-25)20(26)24(4)15-23-12-16-9-17(13-23)11-18(10-16)14-23/h16-19H,5-15H2,1-4H3. The Bertz CT molecular complexity index is 563. The molecular formula is C23H38N2O2. The van der Waals surface area contributed by atoms with Gasteiger partial charge in [-0.15, -0.1) is 0 Å². The molecule has 0 aromatic heterocycles. The predicted octanol–water partition coefficient (Wildman–Crippen LogP) is 3.95. The number of piperidine rings is 1. The average molecular weight is 375 g/mol. The van der Waals surface area contributed by atoms with E-state index in [4.69, 9.17) is 0 Å². The third-order valence-electron chi connectivity index (χ3n) is 7.89. The maximum absolute atomic E-state index is 13.1. The van der Waals surface area contributed by atoms with Crippen LogP contribution >= 0.6 is 0 Å². The Balaban J connectivity index is 1.32. The van der Waals surface area contributed by atoms with Crippen LogP contribution in [0.1, 0.15) is 72.1 Å². The molecule has 4 aliphatic carbocycles. The lowest BCUT2D eigenvalue weighted by atomic mass is 9.49. The zero-order valence-corrected chi connectivity index (χ0v) is 17.8. The van der Waals surface area contributed by atoms with Gasteiger partial charge in [0, 0.05) is 38.0 Å². The predicted molar refractivity (Wildman–Crippen MR) is 107 cm³/mol. The zero-order valence-electron chi connectivity index (χ0n) is 17.8. The summed E-state index contributed by atoms with van der Waals surface area (Å²) in [5.74, 6) is 3.46. The van der Waals surface area contributed by atoms with E-state index in [9.17, 15) is 9.59 Å². The largest absolute Gasteiger partial charge is 0.345 e. The molecule has 4 saturated carbocycles. The molecule has 4 nitrogen and oxygen atoms in total. The highest BCUT2D eigenvalue weighted by molar-refractivity contribution is 5.82. The number of hydrogen-bond donors (Lipinski definition) is 0. The van der Waals surface area contributed by atoms with Crippen molar-refractivity contribution in [2.24, 2.45) is 34.5 Å². The Morgan fingerprint density at radius 3 is 1.89 bits per heavy atom. The van der Waals surface area contributed by atoms with Crippen LogP contribution in [-0.4, -0.2) is 48.3 Å². The van der Waals surface area contributed by atoms with Crippen LogP contribution in [0.2, 0.25) is 0 Å². The molecule has 2 amide bonds. The quantitative estimate of drug-likeness (QED) is 0.750. The minimum atomic E-state index is -0.327. The first-order valence-electron chi connectivity index (χ1n) is 11.2. The Labute approximate surface area is 165 Å². The van der Waals surface area contributed by atoms with Gasteiger partial charge in [-0.1, -0.05) is 20.8 Å². The summed E-state index contributed by atoms with van der Waals surface area (Å²) in [5.41, 5.74) is 0.0915. The number of likely N-dealkylation sites (tertiary alicyclic amines) is 1. The molecule has 27 heavy (non-hydrogen) atoms. The van der Waals surface area contributed by atoms with E-state index < -0.39 is 0 Å². The summed E-state index contributed by atoms with van der Waals surface area (Å²) in [6, 6.07) is 0. The molecule has 4 heteroatoms. The second-order valence-electron chi connectivity index (χ2n) is 11.4. The summed E-state index contributed by atoms with van der Waals surface area (Å²) in [6.07, 6.45) is 10.1. The van der Waals surface area contributed by atoms with Gasteiger partial charge in [-0.25, -0.2) is 0 Å². The number of carbonyl (C=O) groups excluding carboxylic acids is 2. The first-order chi connectivity index (χ1) is 12.7. The third kappa shape index (κ3) is 3.78. The second-order valence-corrected chi connectivity index (χ2v) is 11.4. The molecule has 1 heterocycles. The molecule has 4 bridgehead atoms. The number of carbonyl (C=O) groups is 2. The van der Waals surface area contributed by atoms with Crippen molar-refractivity contribution in [3.8, 4) is 0 Å². The van der Waals surface area contributed by atoms with Crippen LogP contribution in [0.5, 0.6) is 0 Å². The Morgan fingerprint density at radius 2 is 1.44 bits per heavy atom. The lowest BCUT2D eigenvalue weighted by Gasteiger charge is -2.57. The summed E-state index contributed by atoms with van der Waals surface area (Å²) < 4.78 is 0. The second kappa shape index (κ2) is 6.77. The average Bonchev–Trinajstić information content (AvgIpc) is 2.58. The molecule has 0 unspecified atom stereocenters. The van der Waals surface area contributed by atoms with Crippen molar-refractivity contribution in [1.82, 2.24) is 9.80 Å². The van der Waals surface area contributed by atoms with E-state index in [2.05, 4.69) is 4.90 Å². The minimum absolute atomic E-state index is 0.105. The van der Waals surface area contributed by atoms with Gasteiger partial charge < -0.3 is 9.80 Å². The van der Waals surface area contributed by atoms with Gasteiger partial charge in [-0.05, 0) is 74.5 Å². The molecule has 1 aliphatic heterocycles. The first kappa shape index (κ1) is 19.3. The molecular weight excluding hydrogens is 336 g/mol. The van der Waals surface area contributed by atoms with Crippen molar-refractivity contribution in [2.45, 2.75) is 72.1 Å². The van der Waals surface area contributed by atoms with Crippen LogP contribution in [0.25, 0.3) is 0 Å². The van der Waals surface area contributed by atoms with Crippen LogP contribution in [0.3, 0.4) is 0 Å². The highest BCUT2D eigenvalue weighted by Gasteiger charge is 2.51. The molecule has 1 saturated heterocycles. The molecule has 0 spiro atoms. The molecule has 0 aromatic rings. The van der Waals surface area contributed by atoms with E-state index in [1.807, 2.05) is 32.7 Å². The normalized spacial score (nSPS) is 36.1. The molecule has 152 valence electrons. The van der Waals surface area contributed by atoms with E-state index >= 15 is 0 Å². The van der Waals surface area contributed by atoms with Crippen molar-refractivity contribution in [2.75, 3.05) is 26.7 Å². The van der Waals surface area contributed by atoms with Gasteiger partial charge >= 0.3 is 0 Å². The fourth-order valence-electron chi connectivity index (χ4n) is 7.18. The van der Waals surface area contributed by atoms with Gasteiger partial charge in [0.25, 0.3) is 0 Å². The number of nitrogens with zero attached hydrogens (tertiary/aromatic N) is 2. The van der Waals surface area contributed by atoms with Crippen molar-refractivity contribution >= 4 is 11.8 Å². The van der Waals surface area contributed by atoms with E-state index in [1.54, 1.807) is 0 Å². The van der Waals surface area contributed by atoms with Gasteiger partial charge in [-0.2, -0.15) is 0 Å². The maximum atomic E-state index is 13.1. The SMILES string of the molecule is CN(CC12CC3CC(CC(C3)C1)C2)C(=O)C1CCN(C(=O)C(C)(C)C)CC1. The fourth-order valence-corrected chi connectivity index (χ4v) is 7.18. The Morgan fingerprint density at radius 1 is 0.963 bits per heavy atom.